The number of aliphatic hydroxyl groups is 1. The van der Waals surface area contributed by atoms with E-state index in [0.717, 1.165) is 0 Å². The Kier molecular flexibility index (Phi) is 6.73. The van der Waals surface area contributed by atoms with E-state index in [4.69, 9.17) is 2.80 Å². The second-order valence-electron chi connectivity index (χ2n) is 4.75. The highest BCUT2D eigenvalue weighted by atomic mass is 32.3. The average Bonchev–Trinajstić information content (AvgIpc) is 2.54. The summed E-state index contributed by atoms with van der Waals surface area (Å²) in [6.45, 7) is -3.05. The standard InChI is InChI=1S/C9H10F10O7S2/c1-4(25-6(10,11)8(14,15)27(18,21)22)5(2-3-20)26-7(12,13)9(16,17)28(19,23)24/h4-5,20H,2-3H2,1H3/i1T,20T. The van der Waals surface area contributed by atoms with Crippen LogP contribution < -0.4 is 0 Å². The number of alkyl halides is 8. The first-order valence-electron chi connectivity index (χ1n) is 7.33. The van der Waals surface area contributed by atoms with Gasteiger partial charge in [0, 0.05) is 7.98 Å². The van der Waals surface area contributed by atoms with Gasteiger partial charge in [-0.1, -0.05) is 7.77 Å². The van der Waals surface area contributed by atoms with Crippen LogP contribution in [0.25, 0.3) is 0 Å². The van der Waals surface area contributed by atoms with Crippen molar-refractivity contribution in [2.75, 3.05) is 6.61 Å². The highest BCUT2D eigenvalue weighted by Crippen LogP contribution is 2.44. The summed E-state index contributed by atoms with van der Waals surface area (Å²) in [5, 5.41) is -9.78. The number of hydrogen-bond donors (Lipinski definition) is 1. The minimum Gasteiger partial charge on any atom is -0.396 e. The van der Waals surface area contributed by atoms with Crippen molar-refractivity contribution in [3.63, 3.8) is 0 Å². The van der Waals surface area contributed by atoms with Crippen molar-refractivity contribution in [2.24, 2.45) is 0 Å². The molecular formula is C9H10F10O7S2. The maximum absolute atomic E-state index is 13.4. The average molecular weight is 488 g/mol. The van der Waals surface area contributed by atoms with Crippen LogP contribution in [0.5, 0.6) is 0 Å². The molecule has 0 aliphatic rings. The van der Waals surface area contributed by atoms with E-state index in [2.05, 4.69) is 14.6 Å². The molecule has 0 amide bonds. The third-order valence-electron chi connectivity index (χ3n) is 2.71. The van der Waals surface area contributed by atoms with Crippen LogP contribution in [-0.2, 0) is 29.9 Å². The van der Waals surface area contributed by atoms with Crippen LogP contribution in [0.1, 0.15) is 14.7 Å². The fourth-order valence-electron chi connectivity index (χ4n) is 1.31. The fourth-order valence-corrected chi connectivity index (χ4v) is 1.98. The van der Waals surface area contributed by atoms with Crippen molar-refractivity contribution in [1.29, 1.82) is 1.43 Å². The number of rotatable bonds is 12. The molecule has 0 rings (SSSR count). The van der Waals surface area contributed by atoms with Crippen molar-refractivity contribution in [1.82, 2.24) is 0 Å². The minimum atomic E-state index is -7.40. The molecule has 0 radical (unpaired) electrons. The smallest absolute Gasteiger partial charge is 0.396 e. The molecule has 0 saturated carbocycles. The normalized spacial score (nSPS) is 18.4. The lowest BCUT2D eigenvalue weighted by Crippen LogP contribution is -2.53. The monoisotopic (exact) mass is 488 g/mol. The summed E-state index contributed by atoms with van der Waals surface area (Å²) in [7, 11) is -14.8. The van der Waals surface area contributed by atoms with Gasteiger partial charge in [0.15, 0.2) is 0 Å². The second-order valence-corrected chi connectivity index (χ2v) is 7.53. The maximum atomic E-state index is 13.4. The van der Waals surface area contributed by atoms with E-state index in [1.165, 1.54) is 0 Å². The highest BCUT2D eigenvalue weighted by molar-refractivity contribution is 7.87. The predicted octanol–water partition coefficient (Wildman–Crippen LogP) is 2.13. The minimum absolute atomic E-state index is 1.20. The molecule has 2 unspecified atom stereocenters. The van der Waals surface area contributed by atoms with Crippen molar-refractivity contribution < 1.29 is 75.7 Å². The summed E-state index contributed by atoms with van der Waals surface area (Å²) in [5.41, 5.74) is 0. The molecule has 28 heavy (non-hydrogen) atoms. The summed E-state index contributed by atoms with van der Waals surface area (Å²) in [6.07, 6.45) is -20.5. The van der Waals surface area contributed by atoms with Gasteiger partial charge in [0.2, 0.25) is 1.43 Å². The summed E-state index contributed by atoms with van der Waals surface area (Å²) < 4.78 is 191. The Bertz CT molecular complexity index is 792. The van der Waals surface area contributed by atoms with Gasteiger partial charge in [-0.2, -0.15) is 52.0 Å². The topological polar surface area (TPSA) is 107 Å². The molecule has 0 spiro atoms. The number of ether oxygens (including phenoxy) is 2. The first-order chi connectivity index (χ1) is 13.1. The summed E-state index contributed by atoms with van der Waals surface area (Å²) in [6, 6.07) is 0. The Morgan fingerprint density at radius 1 is 0.893 bits per heavy atom. The lowest BCUT2D eigenvalue weighted by molar-refractivity contribution is -0.375. The van der Waals surface area contributed by atoms with E-state index in [9.17, 15) is 59.7 Å². The van der Waals surface area contributed by atoms with E-state index >= 15 is 0 Å². The van der Waals surface area contributed by atoms with Gasteiger partial charge in [0.25, 0.3) is 0 Å². The number of aliphatic hydroxyl groups excluding tert-OH is 1. The van der Waals surface area contributed by atoms with Crippen LogP contribution in [0.15, 0.2) is 0 Å². The third-order valence-corrected chi connectivity index (χ3v) is 4.41. The van der Waals surface area contributed by atoms with Crippen molar-refractivity contribution in [2.45, 2.75) is 48.3 Å². The Hall–Kier alpha value is -0.920. The van der Waals surface area contributed by atoms with Gasteiger partial charge in [0.05, 0.1) is 12.2 Å². The summed E-state index contributed by atoms with van der Waals surface area (Å²) in [4.78, 5) is 0. The Labute approximate surface area is 153 Å². The zero-order valence-electron chi connectivity index (χ0n) is 14.7. The highest BCUT2D eigenvalue weighted by Gasteiger charge is 2.71. The Morgan fingerprint density at radius 3 is 1.61 bits per heavy atom. The maximum Gasteiger partial charge on any atom is 0.464 e. The van der Waals surface area contributed by atoms with Gasteiger partial charge >= 0.3 is 43.2 Å². The fraction of sp³-hybridized carbons (Fsp3) is 1.00. The second kappa shape index (κ2) is 8.07. The van der Waals surface area contributed by atoms with Gasteiger partial charge in [-0.05, 0) is 13.3 Å². The SMILES string of the molecule is [3H]CC(OC(F)(F)C(F)(F)S(=O)(=O)F)C(CCO[3H])OC(F)(F)C(F)(F)S(=O)(=O)F. The van der Waals surface area contributed by atoms with Crippen LogP contribution in [0, 0.1) is 0 Å². The molecule has 0 fully saturated rings. The molecule has 0 aliphatic heterocycles. The molecule has 0 aromatic rings. The molecule has 0 heterocycles. The molecular weight excluding hydrogens is 474 g/mol. The quantitative estimate of drug-likeness (QED) is 0.331. The molecule has 2 atom stereocenters. The van der Waals surface area contributed by atoms with Crippen molar-refractivity contribution >= 4 is 20.4 Å². The van der Waals surface area contributed by atoms with Crippen LogP contribution >= 0.6 is 0 Å². The number of hydrogen-bond acceptors (Lipinski definition) is 7. The van der Waals surface area contributed by atoms with E-state index in [1.807, 2.05) is 0 Å². The Morgan fingerprint density at radius 2 is 1.29 bits per heavy atom. The third kappa shape index (κ3) is 5.36. The van der Waals surface area contributed by atoms with Crippen molar-refractivity contribution in [3.8, 4) is 0 Å². The molecule has 0 aromatic carbocycles. The van der Waals surface area contributed by atoms with E-state index < -0.39 is 75.3 Å². The predicted molar refractivity (Wildman–Crippen MR) is 67.0 cm³/mol. The molecule has 1 N–H and O–H groups in total. The lowest BCUT2D eigenvalue weighted by Gasteiger charge is -2.33. The van der Waals surface area contributed by atoms with Gasteiger partial charge in [-0.3, -0.25) is 0 Å². The summed E-state index contributed by atoms with van der Waals surface area (Å²) >= 11 is 0. The first-order valence-corrected chi connectivity index (χ1v) is 8.98. The van der Waals surface area contributed by atoms with Gasteiger partial charge < -0.3 is 14.6 Å². The molecule has 7 nitrogen and oxygen atoms in total. The first kappa shape index (κ1) is 23.4. The molecule has 0 bridgehead atoms. The molecule has 19 heteroatoms. The zero-order valence-corrected chi connectivity index (χ0v) is 14.4. The Balaban J connectivity index is 6.05. The molecule has 0 aromatic heterocycles. The zero-order chi connectivity index (χ0) is 24.4. The lowest BCUT2D eigenvalue weighted by atomic mass is 10.1. The molecule has 170 valence electrons. The molecule has 0 aliphatic carbocycles. The molecule has 0 saturated heterocycles. The van der Waals surface area contributed by atoms with E-state index in [1.54, 1.807) is 0 Å². The van der Waals surface area contributed by atoms with Gasteiger partial charge in [-0.25, -0.2) is 0 Å². The van der Waals surface area contributed by atoms with E-state index in [0.29, 0.717) is 0 Å². The summed E-state index contributed by atoms with van der Waals surface area (Å²) in [5.74, 6) is 0. The van der Waals surface area contributed by atoms with Gasteiger partial charge in [0.1, 0.15) is 0 Å². The largest absolute Gasteiger partial charge is 0.464 e. The van der Waals surface area contributed by atoms with E-state index in [-0.39, 0.29) is 0 Å². The van der Waals surface area contributed by atoms with Crippen molar-refractivity contribution in [3.05, 3.63) is 0 Å². The van der Waals surface area contributed by atoms with Gasteiger partial charge in [-0.15, -0.1) is 0 Å². The van der Waals surface area contributed by atoms with Crippen LogP contribution in [0.4, 0.5) is 42.9 Å². The number of halogens is 10. The van der Waals surface area contributed by atoms with Crippen LogP contribution in [0.2, 0.25) is 0 Å². The van der Waals surface area contributed by atoms with Crippen LogP contribution in [-0.4, -0.2) is 64.9 Å². The van der Waals surface area contributed by atoms with Crippen LogP contribution in [0.3, 0.4) is 0 Å².